The van der Waals surface area contributed by atoms with Crippen molar-refractivity contribution in [3.8, 4) is 0 Å². The summed E-state index contributed by atoms with van der Waals surface area (Å²) in [7, 11) is 0. The van der Waals surface area contributed by atoms with E-state index in [1.54, 1.807) is 6.07 Å². The summed E-state index contributed by atoms with van der Waals surface area (Å²) < 4.78 is 85.1. The molecule has 0 spiro atoms. The summed E-state index contributed by atoms with van der Waals surface area (Å²) in [6, 6.07) is 5.46. The van der Waals surface area contributed by atoms with E-state index >= 15 is 0 Å². The SMILES string of the molecule is FC(F)(F)c1cc(Nc2cc3c4c(c2)[C@@H]2CNCC[C@@H]2N4CCOC3)cc(C(F)(F)F)c1. The lowest BCUT2D eigenvalue weighted by molar-refractivity contribution is -0.143. The van der Waals surface area contributed by atoms with E-state index in [1.807, 2.05) is 6.07 Å². The van der Waals surface area contributed by atoms with Gasteiger partial charge in [-0.2, -0.15) is 26.3 Å². The fourth-order valence-electron chi connectivity index (χ4n) is 5.05. The molecule has 5 rings (SSSR count). The summed E-state index contributed by atoms with van der Waals surface area (Å²) in [6.07, 6.45) is -8.83. The zero-order valence-corrected chi connectivity index (χ0v) is 16.9. The van der Waals surface area contributed by atoms with E-state index in [4.69, 9.17) is 4.74 Å². The Hall–Kier alpha value is -2.46. The molecule has 0 aliphatic carbocycles. The normalized spacial score (nSPS) is 22.9. The van der Waals surface area contributed by atoms with Gasteiger partial charge < -0.3 is 20.3 Å². The maximum absolute atomic E-state index is 13.2. The quantitative estimate of drug-likeness (QED) is 0.603. The van der Waals surface area contributed by atoms with Crippen LogP contribution in [-0.4, -0.2) is 32.3 Å². The zero-order valence-electron chi connectivity index (χ0n) is 16.9. The highest BCUT2D eigenvalue weighted by Gasteiger charge is 2.42. The molecule has 0 aromatic heterocycles. The molecule has 0 saturated carbocycles. The molecule has 2 N–H and O–H groups in total. The first kappa shape index (κ1) is 21.4. The summed E-state index contributed by atoms with van der Waals surface area (Å²) >= 11 is 0. The Balaban J connectivity index is 1.56. The number of anilines is 3. The number of nitrogens with one attached hydrogen (secondary N) is 2. The van der Waals surface area contributed by atoms with Crippen LogP contribution in [0.4, 0.5) is 43.4 Å². The summed E-state index contributed by atoms with van der Waals surface area (Å²) in [5.74, 6) is 0.213. The first-order valence-corrected chi connectivity index (χ1v) is 10.4. The van der Waals surface area contributed by atoms with Crippen LogP contribution in [0, 0.1) is 0 Å². The van der Waals surface area contributed by atoms with E-state index in [9.17, 15) is 26.3 Å². The first-order chi connectivity index (χ1) is 15.1. The molecule has 2 aromatic rings. The summed E-state index contributed by atoms with van der Waals surface area (Å²) in [4.78, 5) is 2.35. The highest BCUT2D eigenvalue weighted by molar-refractivity contribution is 5.74. The molecule has 0 amide bonds. The largest absolute Gasteiger partial charge is 0.416 e. The van der Waals surface area contributed by atoms with Crippen LogP contribution >= 0.6 is 0 Å². The number of rotatable bonds is 2. The first-order valence-electron chi connectivity index (χ1n) is 10.4. The van der Waals surface area contributed by atoms with Crippen molar-refractivity contribution in [2.75, 3.05) is 36.5 Å². The number of alkyl halides is 6. The smallest absolute Gasteiger partial charge is 0.375 e. The number of fused-ring (bicyclic) bond motifs is 3. The van der Waals surface area contributed by atoms with Crippen LogP contribution in [0.5, 0.6) is 0 Å². The second-order valence-corrected chi connectivity index (χ2v) is 8.41. The predicted octanol–water partition coefficient (Wildman–Crippen LogP) is 5.26. The summed E-state index contributed by atoms with van der Waals surface area (Å²) in [5.41, 5.74) is 0.521. The highest BCUT2D eigenvalue weighted by Crippen LogP contribution is 2.48. The van der Waals surface area contributed by atoms with Gasteiger partial charge in [-0.3, -0.25) is 0 Å². The maximum Gasteiger partial charge on any atom is 0.416 e. The van der Waals surface area contributed by atoms with Crippen molar-refractivity contribution in [1.29, 1.82) is 0 Å². The van der Waals surface area contributed by atoms with Crippen molar-refractivity contribution >= 4 is 17.1 Å². The number of hydrogen-bond donors (Lipinski definition) is 2. The molecule has 0 unspecified atom stereocenters. The third kappa shape index (κ3) is 3.79. The fourth-order valence-corrected chi connectivity index (χ4v) is 5.05. The number of benzene rings is 2. The molecule has 1 fully saturated rings. The van der Waals surface area contributed by atoms with Gasteiger partial charge in [-0.05, 0) is 48.9 Å². The molecule has 3 heterocycles. The summed E-state index contributed by atoms with van der Waals surface area (Å²) in [6.45, 7) is 3.35. The van der Waals surface area contributed by atoms with Crippen LogP contribution < -0.4 is 15.5 Å². The number of nitrogens with zero attached hydrogens (tertiary/aromatic N) is 1. The minimum Gasteiger partial charge on any atom is -0.375 e. The molecular weight excluding hydrogens is 436 g/mol. The van der Waals surface area contributed by atoms with Gasteiger partial charge in [-0.15, -0.1) is 0 Å². The van der Waals surface area contributed by atoms with Crippen molar-refractivity contribution in [1.82, 2.24) is 5.32 Å². The van der Waals surface area contributed by atoms with Gasteiger partial charge in [0.2, 0.25) is 0 Å². The Morgan fingerprint density at radius 1 is 0.938 bits per heavy atom. The monoisotopic (exact) mass is 457 g/mol. The molecule has 0 bridgehead atoms. The number of halogens is 6. The molecule has 32 heavy (non-hydrogen) atoms. The molecular formula is C22H21F6N3O. The van der Waals surface area contributed by atoms with Gasteiger partial charge in [0.25, 0.3) is 0 Å². The van der Waals surface area contributed by atoms with E-state index in [0.29, 0.717) is 37.1 Å². The minimum absolute atomic E-state index is 0.131. The lowest BCUT2D eigenvalue weighted by atomic mass is 9.89. The average Bonchev–Trinajstić information content (AvgIpc) is 2.88. The second-order valence-electron chi connectivity index (χ2n) is 8.41. The molecule has 0 radical (unpaired) electrons. The topological polar surface area (TPSA) is 36.5 Å². The Bertz CT molecular complexity index is 1000. The molecule has 172 valence electrons. The van der Waals surface area contributed by atoms with Gasteiger partial charge in [0, 0.05) is 47.7 Å². The lowest BCUT2D eigenvalue weighted by Crippen LogP contribution is -2.44. The van der Waals surface area contributed by atoms with E-state index in [0.717, 1.165) is 42.9 Å². The van der Waals surface area contributed by atoms with Gasteiger partial charge in [-0.25, -0.2) is 0 Å². The fraction of sp³-hybridized carbons (Fsp3) is 0.455. The molecule has 2 atom stereocenters. The van der Waals surface area contributed by atoms with Crippen LogP contribution in [0.1, 0.15) is 34.6 Å². The molecule has 3 aliphatic heterocycles. The van der Waals surface area contributed by atoms with Crippen LogP contribution in [-0.2, 0) is 23.7 Å². The van der Waals surface area contributed by atoms with Crippen molar-refractivity contribution in [3.63, 3.8) is 0 Å². The van der Waals surface area contributed by atoms with Crippen molar-refractivity contribution in [2.45, 2.75) is 37.3 Å². The van der Waals surface area contributed by atoms with Crippen LogP contribution in [0.25, 0.3) is 0 Å². The lowest BCUT2D eigenvalue weighted by Gasteiger charge is -2.33. The van der Waals surface area contributed by atoms with Crippen LogP contribution in [0.3, 0.4) is 0 Å². The van der Waals surface area contributed by atoms with Gasteiger partial charge in [0.1, 0.15) is 0 Å². The predicted molar refractivity (Wildman–Crippen MR) is 107 cm³/mol. The Morgan fingerprint density at radius 3 is 2.31 bits per heavy atom. The Kier molecular flexibility index (Phi) is 5.05. The third-order valence-electron chi connectivity index (χ3n) is 6.36. The molecule has 3 aliphatic rings. The molecule has 10 heteroatoms. The van der Waals surface area contributed by atoms with Crippen molar-refractivity contribution < 1.29 is 31.1 Å². The minimum atomic E-state index is -4.89. The van der Waals surface area contributed by atoms with Crippen molar-refractivity contribution in [2.24, 2.45) is 0 Å². The maximum atomic E-state index is 13.2. The highest BCUT2D eigenvalue weighted by atomic mass is 19.4. The number of hydrogen-bond acceptors (Lipinski definition) is 4. The van der Waals surface area contributed by atoms with Crippen molar-refractivity contribution in [3.05, 3.63) is 52.6 Å². The zero-order chi connectivity index (χ0) is 22.7. The van der Waals surface area contributed by atoms with Gasteiger partial charge in [0.15, 0.2) is 0 Å². The van der Waals surface area contributed by atoms with E-state index in [1.165, 1.54) is 0 Å². The van der Waals surface area contributed by atoms with E-state index in [2.05, 4.69) is 15.5 Å². The third-order valence-corrected chi connectivity index (χ3v) is 6.36. The number of ether oxygens (including phenoxy) is 1. The molecule has 1 saturated heterocycles. The molecule has 4 nitrogen and oxygen atoms in total. The van der Waals surface area contributed by atoms with Crippen LogP contribution in [0.2, 0.25) is 0 Å². The molecule has 2 aromatic carbocycles. The van der Waals surface area contributed by atoms with Gasteiger partial charge in [0.05, 0.1) is 24.3 Å². The van der Waals surface area contributed by atoms with Crippen LogP contribution in [0.15, 0.2) is 30.3 Å². The van der Waals surface area contributed by atoms with E-state index in [-0.39, 0.29) is 17.7 Å². The second kappa shape index (κ2) is 7.55. The van der Waals surface area contributed by atoms with Gasteiger partial charge >= 0.3 is 12.4 Å². The number of piperidine rings is 1. The van der Waals surface area contributed by atoms with Gasteiger partial charge in [-0.1, -0.05) is 0 Å². The Morgan fingerprint density at radius 2 is 1.62 bits per heavy atom. The standard InChI is InChI=1S/C22H21F6N3O/c23-21(24,25)13-6-14(22(26,27)28)8-16(7-13)30-15-5-12-11-32-4-3-31-19-1-2-29-10-18(19)17(9-15)20(12)31/h5-9,18-19,29-30H,1-4,10-11H2/t18-,19-/m0/s1. The Labute approximate surface area is 180 Å². The average molecular weight is 457 g/mol. The summed E-state index contributed by atoms with van der Waals surface area (Å²) in [5, 5.41) is 6.18. The van der Waals surface area contributed by atoms with E-state index < -0.39 is 23.5 Å².